The van der Waals surface area contributed by atoms with Crippen LogP contribution in [-0.2, 0) is 6.61 Å². The summed E-state index contributed by atoms with van der Waals surface area (Å²) in [5, 5.41) is 0.760. The lowest BCUT2D eigenvalue weighted by molar-refractivity contribution is 0.0957. The van der Waals surface area contributed by atoms with Gasteiger partial charge in [0, 0.05) is 15.5 Å². The summed E-state index contributed by atoms with van der Waals surface area (Å²) in [4.78, 5) is 13.1. The van der Waals surface area contributed by atoms with Crippen LogP contribution in [0.1, 0.15) is 31.2 Å². The van der Waals surface area contributed by atoms with E-state index in [4.69, 9.17) is 22.2 Å². The van der Waals surface area contributed by atoms with Crippen LogP contribution in [0.2, 0.25) is 5.02 Å². The second-order valence-corrected chi connectivity index (χ2v) is 6.46. The third-order valence-electron chi connectivity index (χ3n) is 3.18. The van der Waals surface area contributed by atoms with Gasteiger partial charge in [0.15, 0.2) is 0 Å². The smallest absolute Gasteiger partial charge is 0.275 e. The third kappa shape index (κ3) is 3.56. The van der Waals surface area contributed by atoms with Gasteiger partial charge in [-0.3, -0.25) is 10.2 Å². The van der Waals surface area contributed by atoms with Crippen molar-refractivity contribution in [3.05, 3.63) is 49.7 Å². The van der Waals surface area contributed by atoms with Crippen molar-refractivity contribution < 1.29 is 9.53 Å². The predicted octanol–water partition coefficient (Wildman–Crippen LogP) is 3.51. The number of nitrogens with two attached hydrogens (primary N) is 1. The van der Waals surface area contributed by atoms with Crippen molar-refractivity contribution in [2.75, 3.05) is 0 Å². The quantitative estimate of drug-likeness (QED) is 0.514. The van der Waals surface area contributed by atoms with Crippen LogP contribution in [0.4, 0.5) is 0 Å². The van der Waals surface area contributed by atoms with Gasteiger partial charge in [-0.1, -0.05) is 11.6 Å². The third-order valence-corrected chi connectivity index (χ3v) is 4.87. The number of halogens is 1. The topological polar surface area (TPSA) is 64.3 Å². The molecule has 4 nitrogen and oxygen atoms in total. The molecule has 0 bridgehead atoms. The van der Waals surface area contributed by atoms with Crippen molar-refractivity contribution in [3.8, 4) is 5.75 Å². The number of nitrogens with one attached hydrogen (secondary N) is 1. The van der Waals surface area contributed by atoms with Crippen LogP contribution < -0.4 is 16.0 Å². The summed E-state index contributed by atoms with van der Waals surface area (Å²) < 4.78 is 5.80. The first-order valence-electron chi connectivity index (χ1n) is 6.42. The molecule has 3 N–H and O–H groups in total. The fourth-order valence-corrected chi connectivity index (χ4v) is 3.04. The predicted molar refractivity (Wildman–Crippen MR) is 86.0 cm³/mol. The molecule has 2 rings (SSSR count). The van der Waals surface area contributed by atoms with E-state index in [1.54, 1.807) is 6.07 Å². The molecule has 0 aliphatic heterocycles. The van der Waals surface area contributed by atoms with Gasteiger partial charge in [-0.2, -0.15) is 0 Å². The summed E-state index contributed by atoms with van der Waals surface area (Å²) in [6.45, 7) is 6.25. The zero-order valence-corrected chi connectivity index (χ0v) is 13.7. The number of aryl methyl sites for hydroxylation is 3. The number of nitrogen functional groups attached to an aromatic ring is 1. The van der Waals surface area contributed by atoms with E-state index < -0.39 is 0 Å². The van der Waals surface area contributed by atoms with Crippen LogP contribution in [0.5, 0.6) is 5.75 Å². The van der Waals surface area contributed by atoms with Gasteiger partial charge in [0.05, 0.1) is 4.88 Å². The van der Waals surface area contributed by atoms with Gasteiger partial charge in [-0.15, -0.1) is 11.3 Å². The summed E-state index contributed by atoms with van der Waals surface area (Å²) in [5.74, 6) is 5.62. The maximum atomic E-state index is 11.5. The molecule has 6 heteroatoms. The number of hydrogen-bond donors (Lipinski definition) is 2. The Kier molecular flexibility index (Phi) is 4.88. The molecule has 0 spiro atoms. The lowest BCUT2D eigenvalue weighted by atomic mass is 10.1. The van der Waals surface area contributed by atoms with E-state index >= 15 is 0 Å². The molecule has 21 heavy (non-hydrogen) atoms. The molecular formula is C15H17ClN2O2S. The minimum absolute atomic E-state index is 0.285. The molecule has 0 radical (unpaired) electrons. The number of hydrazine groups is 1. The van der Waals surface area contributed by atoms with Gasteiger partial charge in [-0.25, -0.2) is 5.84 Å². The minimum atomic E-state index is -0.285. The molecule has 1 aromatic carbocycles. The molecule has 0 aliphatic rings. The summed E-state index contributed by atoms with van der Waals surface area (Å²) in [6.07, 6.45) is 0. The molecule has 1 heterocycles. The van der Waals surface area contributed by atoms with Crippen LogP contribution >= 0.6 is 22.9 Å². The normalized spacial score (nSPS) is 10.5. The fourth-order valence-electron chi connectivity index (χ4n) is 2.00. The zero-order chi connectivity index (χ0) is 15.6. The SMILES string of the molecule is Cc1cc(OCc2cc(C(=O)NN)sc2C)cc(C)c1Cl. The number of thiophene rings is 1. The molecule has 0 saturated heterocycles. The molecule has 1 aromatic heterocycles. The summed E-state index contributed by atoms with van der Waals surface area (Å²) in [7, 11) is 0. The number of benzene rings is 1. The largest absolute Gasteiger partial charge is 0.489 e. The van der Waals surface area contributed by atoms with Gasteiger partial charge < -0.3 is 4.74 Å². The Hall–Kier alpha value is -1.56. The zero-order valence-electron chi connectivity index (χ0n) is 12.1. The highest BCUT2D eigenvalue weighted by molar-refractivity contribution is 7.14. The Morgan fingerprint density at radius 2 is 1.90 bits per heavy atom. The molecule has 112 valence electrons. The maximum absolute atomic E-state index is 11.5. The van der Waals surface area contributed by atoms with E-state index in [1.165, 1.54) is 11.3 Å². The molecular weight excluding hydrogens is 308 g/mol. The molecule has 0 atom stereocenters. The van der Waals surface area contributed by atoms with Crippen LogP contribution in [0.15, 0.2) is 18.2 Å². The van der Waals surface area contributed by atoms with Crippen LogP contribution in [0.25, 0.3) is 0 Å². The lowest BCUT2D eigenvalue weighted by Crippen LogP contribution is -2.29. The van der Waals surface area contributed by atoms with Crippen molar-refractivity contribution in [2.45, 2.75) is 27.4 Å². The highest BCUT2D eigenvalue weighted by atomic mass is 35.5. The second kappa shape index (κ2) is 6.47. The summed E-state index contributed by atoms with van der Waals surface area (Å²) in [5.41, 5.74) is 5.08. The van der Waals surface area contributed by atoms with Crippen LogP contribution in [-0.4, -0.2) is 5.91 Å². The van der Waals surface area contributed by atoms with Gasteiger partial charge in [0.25, 0.3) is 5.91 Å². The van der Waals surface area contributed by atoms with Crippen molar-refractivity contribution in [1.29, 1.82) is 0 Å². The van der Waals surface area contributed by atoms with Crippen molar-refractivity contribution in [2.24, 2.45) is 5.84 Å². The average molecular weight is 325 g/mol. The van der Waals surface area contributed by atoms with E-state index in [2.05, 4.69) is 5.43 Å². The number of rotatable bonds is 4. The second-order valence-electron chi connectivity index (χ2n) is 4.83. The summed E-state index contributed by atoms with van der Waals surface area (Å²) in [6, 6.07) is 5.62. The van der Waals surface area contributed by atoms with Crippen molar-refractivity contribution in [1.82, 2.24) is 5.43 Å². The molecule has 1 amide bonds. The number of carbonyl (C=O) groups excluding carboxylic acids is 1. The van der Waals surface area contributed by atoms with Gasteiger partial charge >= 0.3 is 0 Å². The molecule has 0 unspecified atom stereocenters. The molecule has 0 aliphatic carbocycles. The van der Waals surface area contributed by atoms with Crippen molar-refractivity contribution in [3.63, 3.8) is 0 Å². The highest BCUT2D eigenvalue weighted by Crippen LogP contribution is 2.28. The molecule has 2 aromatic rings. The first-order valence-corrected chi connectivity index (χ1v) is 7.61. The van der Waals surface area contributed by atoms with Crippen LogP contribution in [0.3, 0.4) is 0 Å². The summed E-state index contributed by atoms with van der Waals surface area (Å²) >= 11 is 7.53. The Bertz CT molecular complexity index is 659. The average Bonchev–Trinajstić information content (AvgIpc) is 2.82. The molecule has 0 fully saturated rings. The highest BCUT2D eigenvalue weighted by Gasteiger charge is 2.12. The number of amides is 1. The number of ether oxygens (including phenoxy) is 1. The van der Waals surface area contributed by atoms with Crippen molar-refractivity contribution >= 4 is 28.8 Å². The standard InChI is InChI=1S/C15H17ClN2O2S/c1-8-4-12(5-9(2)14(8)16)20-7-11-6-13(15(19)18-17)21-10(11)3/h4-6H,7,17H2,1-3H3,(H,18,19). The Morgan fingerprint density at radius 1 is 1.29 bits per heavy atom. The van der Waals surface area contributed by atoms with E-state index in [-0.39, 0.29) is 5.91 Å². The van der Waals surface area contributed by atoms with Gasteiger partial charge in [0.1, 0.15) is 12.4 Å². The van der Waals surface area contributed by atoms with E-state index in [0.29, 0.717) is 11.5 Å². The van der Waals surface area contributed by atoms with E-state index in [1.807, 2.05) is 32.9 Å². The van der Waals surface area contributed by atoms with E-state index in [9.17, 15) is 4.79 Å². The monoisotopic (exact) mass is 324 g/mol. The number of carbonyl (C=O) groups is 1. The first-order chi connectivity index (χ1) is 9.92. The first kappa shape index (κ1) is 15.8. The lowest BCUT2D eigenvalue weighted by Gasteiger charge is -2.09. The fraction of sp³-hybridized carbons (Fsp3) is 0.267. The Labute approximate surface area is 132 Å². The van der Waals surface area contributed by atoms with Gasteiger partial charge in [0.2, 0.25) is 0 Å². The van der Waals surface area contributed by atoms with E-state index in [0.717, 1.165) is 32.3 Å². The molecule has 0 saturated carbocycles. The Balaban J connectivity index is 2.13. The Morgan fingerprint density at radius 3 is 2.48 bits per heavy atom. The minimum Gasteiger partial charge on any atom is -0.489 e. The van der Waals surface area contributed by atoms with Gasteiger partial charge in [-0.05, 0) is 50.1 Å². The number of hydrogen-bond acceptors (Lipinski definition) is 4. The van der Waals surface area contributed by atoms with Crippen LogP contribution in [0, 0.1) is 20.8 Å². The maximum Gasteiger partial charge on any atom is 0.275 e.